The lowest BCUT2D eigenvalue weighted by Gasteiger charge is -2.42. The molecule has 1 saturated heterocycles. The second kappa shape index (κ2) is 5.00. The van der Waals surface area contributed by atoms with Gasteiger partial charge in [0.05, 0.1) is 11.7 Å². The molecule has 0 aromatic carbocycles. The molecule has 1 fully saturated rings. The zero-order chi connectivity index (χ0) is 12.5. The third-order valence-corrected chi connectivity index (χ3v) is 2.75. The molecule has 1 aliphatic rings. The van der Waals surface area contributed by atoms with Crippen LogP contribution in [0, 0.1) is 0 Å². The molecule has 1 aliphatic heterocycles. The Balaban J connectivity index is 2.69. The maximum Gasteiger partial charge on any atom is 0.185 e. The highest BCUT2D eigenvalue weighted by molar-refractivity contribution is 4.86. The van der Waals surface area contributed by atoms with E-state index in [1.807, 2.05) is 46.7 Å². The van der Waals surface area contributed by atoms with E-state index in [9.17, 15) is 5.11 Å². The number of likely N-dealkylation sites (N-methyl/N-ethyl adjacent to an activating group) is 1. The Kier molecular flexibility index (Phi) is 4.35. The summed E-state index contributed by atoms with van der Waals surface area (Å²) in [4.78, 5) is 2.03. The largest absolute Gasteiger partial charge is 0.386 e. The van der Waals surface area contributed by atoms with Crippen LogP contribution in [-0.4, -0.2) is 54.2 Å². The van der Waals surface area contributed by atoms with E-state index in [0.29, 0.717) is 0 Å². The monoisotopic (exact) mass is 231 g/mol. The maximum atomic E-state index is 10.2. The van der Waals surface area contributed by atoms with E-state index >= 15 is 0 Å². The van der Waals surface area contributed by atoms with Crippen molar-refractivity contribution in [3.05, 3.63) is 0 Å². The average Bonchev–Trinajstić information content (AvgIpc) is 2.07. The van der Waals surface area contributed by atoms with Gasteiger partial charge in [0.25, 0.3) is 0 Å². The van der Waals surface area contributed by atoms with Crippen LogP contribution >= 0.6 is 0 Å². The van der Waals surface area contributed by atoms with Gasteiger partial charge in [-0.15, -0.1) is 0 Å². The van der Waals surface area contributed by atoms with E-state index in [1.165, 1.54) is 0 Å². The lowest BCUT2D eigenvalue weighted by Crippen LogP contribution is -2.55. The van der Waals surface area contributed by atoms with Gasteiger partial charge in [-0.3, -0.25) is 0 Å². The molecule has 96 valence electrons. The summed E-state index contributed by atoms with van der Waals surface area (Å²) in [6.07, 6.45) is -0.178. The van der Waals surface area contributed by atoms with E-state index < -0.39 is 12.4 Å². The Morgan fingerprint density at radius 1 is 1.31 bits per heavy atom. The van der Waals surface area contributed by atoms with Crippen molar-refractivity contribution in [1.82, 2.24) is 4.90 Å². The molecule has 0 saturated carbocycles. The fourth-order valence-electron chi connectivity index (χ4n) is 1.99. The third-order valence-electron chi connectivity index (χ3n) is 2.75. The minimum Gasteiger partial charge on any atom is -0.386 e. The lowest BCUT2D eigenvalue weighted by atomic mass is 9.99. The summed E-state index contributed by atoms with van der Waals surface area (Å²) in [5.41, 5.74) is -0.306. The van der Waals surface area contributed by atoms with Gasteiger partial charge in [0.2, 0.25) is 0 Å². The highest BCUT2D eigenvalue weighted by atomic mass is 16.7. The number of ether oxygens (including phenoxy) is 2. The zero-order valence-electron chi connectivity index (χ0n) is 11.2. The van der Waals surface area contributed by atoms with Crippen molar-refractivity contribution in [2.45, 2.75) is 64.3 Å². The number of hydrogen-bond acceptors (Lipinski definition) is 4. The average molecular weight is 231 g/mol. The van der Waals surface area contributed by atoms with Crippen molar-refractivity contribution in [2.75, 3.05) is 14.1 Å². The summed E-state index contributed by atoms with van der Waals surface area (Å²) in [6.45, 7) is 7.91. The Bertz CT molecular complexity index is 225. The summed E-state index contributed by atoms with van der Waals surface area (Å²) in [5, 5.41) is 10.2. The van der Waals surface area contributed by atoms with Crippen molar-refractivity contribution in [3.8, 4) is 0 Å². The van der Waals surface area contributed by atoms with Crippen molar-refractivity contribution in [1.29, 1.82) is 0 Å². The number of rotatable bonds is 2. The summed E-state index contributed by atoms with van der Waals surface area (Å²) < 4.78 is 11.4. The van der Waals surface area contributed by atoms with Crippen molar-refractivity contribution in [3.63, 3.8) is 0 Å². The zero-order valence-corrected chi connectivity index (χ0v) is 11.2. The topological polar surface area (TPSA) is 41.9 Å². The highest BCUT2D eigenvalue weighted by Crippen LogP contribution is 2.26. The van der Waals surface area contributed by atoms with Gasteiger partial charge in [-0.1, -0.05) is 0 Å². The molecule has 0 aromatic heterocycles. The predicted octanol–water partition coefficient (Wildman–Crippen LogP) is 1.23. The van der Waals surface area contributed by atoms with Crippen LogP contribution in [0.4, 0.5) is 0 Å². The quantitative estimate of drug-likeness (QED) is 0.776. The van der Waals surface area contributed by atoms with E-state index in [1.54, 1.807) is 0 Å². The second-order valence-electron chi connectivity index (χ2n) is 5.80. The molecule has 16 heavy (non-hydrogen) atoms. The van der Waals surface area contributed by atoms with E-state index in [4.69, 9.17) is 9.47 Å². The molecule has 0 aromatic rings. The van der Waals surface area contributed by atoms with E-state index in [-0.39, 0.29) is 17.7 Å². The van der Waals surface area contributed by atoms with E-state index in [0.717, 1.165) is 6.42 Å². The molecule has 0 amide bonds. The molecule has 4 atom stereocenters. The van der Waals surface area contributed by atoms with Crippen LogP contribution in [0.3, 0.4) is 0 Å². The summed E-state index contributed by atoms with van der Waals surface area (Å²) in [5.74, 6) is 0. The van der Waals surface area contributed by atoms with Crippen molar-refractivity contribution in [2.24, 2.45) is 0 Å². The summed E-state index contributed by atoms with van der Waals surface area (Å²) >= 11 is 0. The van der Waals surface area contributed by atoms with Crippen molar-refractivity contribution >= 4 is 0 Å². The number of nitrogens with zero attached hydrogens (tertiary/aromatic N) is 1. The van der Waals surface area contributed by atoms with Crippen LogP contribution in [-0.2, 0) is 9.47 Å². The molecule has 1 N–H and O–H groups in total. The van der Waals surface area contributed by atoms with Crippen LogP contribution in [0.25, 0.3) is 0 Å². The fraction of sp³-hybridized carbons (Fsp3) is 1.00. The number of hydrogen-bond donors (Lipinski definition) is 1. The highest BCUT2D eigenvalue weighted by Gasteiger charge is 2.39. The van der Waals surface area contributed by atoms with Crippen LogP contribution in [0.15, 0.2) is 0 Å². The molecule has 4 nitrogen and oxygen atoms in total. The standard InChI is InChI=1S/C12H25NO3/c1-8-7-9(13(5)6)10(14)11(15-8)16-12(2,3)4/h8-11,14H,7H2,1-6H3. The van der Waals surface area contributed by atoms with Crippen LogP contribution in [0.5, 0.6) is 0 Å². The van der Waals surface area contributed by atoms with Gasteiger partial charge < -0.3 is 19.5 Å². The smallest absolute Gasteiger partial charge is 0.185 e. The molecule has 1 heterocycles. The fourth-order valence-corrected chi connectivity index (χ4v) is 1.99. The lowest BCUT2D eigenvalue weighted by molar-refractivity contribution is -0.281. The van der Waals surface area contributed by atoms with Crippen LogP contribution in [0.2, 0.25) is 0 Å². The van der Waals surface area contributed by atoms with E-state index in [2.05, 4.69) is 0 Å². The van der Waals surface area contributed by atoms with Gasteiger partial charge in [-0.05, 0) is 48.2 Å². The first-order valence-corrected chi connectivity index (χ1v) is 5.88. The molecule has 1 rings (SSSR count). The molecule has 0 radical (unpaired) electrons. The Hall–Kier alpha value is -0.160. The van der Waals surface area contributed by atoms with Crippen LogP contribution < -0.4 is 0 Å². The Labute approximate surface area is 98.5 Å². The third kappa shape index (κ3) is 3.70. The van der Waals surface area contributed by atoms with Gasteiger partial charge in [0.15, 0.2) is 6.29 Å². The molecular formula is C12H25NO3. The molecular weight excluding hydrogens is 206 g/mol. The predicted molar refractivity (Wildman–Crippen MR) is 63.3 cm³/mol. The minimum absolute atomic E-state index is 0.0936. The van der Waals surface area contributed by atoms with Crippen molar-refractivity contribution < 1.29 is 14.6 Å². The van der Waals surface area contributed by atoms with Crippen LogP contribution in [0.1, 0.15) is 34.1 Å². The first-order valence-electron chi connectivity index (χ1n) is 5.88. The molecule has 0 bridgehead atoms. The van der Waals surface area contributed by atoms with Gasteiger partial charge in [0.1, 0.15) is 6.10 Å². The molecule has 0 aliphatic carbocycles. The minimum atomic E-state index is -0.592. The Morgan fingerprint density at radius 3 is 2.31 bits per heavy atom. The van der Waals surface area contributed by atoms with Gasteiger partial charge >= 0.3 is 0 Å². The number of aliphatic hydroxyl groups is 1. The maximum absolute atomic E-state index is 10.2. The summed E-state index contributed by atoms with van der Waals surface area (Å²) in [7, 11) is 3.94. The van der Waals surface area contributed by atoms with Gasteiger partial charge in [-0.25, -0.2) is 0 Å². The summed E-state index contributed by atoms with van der Waals surface area (Å²) in [6, 6.07) is 0.0936. The SMILES string of the molecule is CC1CC(N(C)C)C(O)C(OC(C)(C)C)O1. The Morgan fingerprint density at radius 2 is 1.88 bits per heavy atom. The normalized spacial score (nSPS) is 36.8. The molecule has 4 heteroatoms. The first kappa shape index (κ1) is 13.9. The first-order chi connectivity index (χ1) is 7.20. The number of aliphatic hydroxyl groups excluding tert-OH is 1. The van der Waals surface area contributed by atoms with Gasteiger partial charge in [0, 0.05) is 6.04 Å². The second-order valence-corrected chi connectivity index (χ2v) is 5.80. The van der Waals surface area contributed by atoms with Gasteiger partial charge in [-0.2, -0.15) is 0 Å². The molecule has 4 unspecified atom stereocenters. The molecule has 0 spiro atoms.